The molecule has 3 aromatic carbocycles. The zero-order valence-corrected chi connectivity index (χ0v) is 20.8. The quantitative estimate of drug-likeness (QED) is 0.319. The van der Waals surface area contributed by atoms with Gasteiger partial charge >= 0.3 is 12.1 Å². The lowest BCUT2D eigenvalue weighted by molar-refractivity contribution is -0.137. The van der Waals surface area contributed by atoms with Gasteiger partial charge in [-0.25, -0.2) is 13.2 Å². The Balaban J connectivity index is 1.56. The summed E-state index contributed by atoms with van der Waals surface area (Å²) in [5.74, 6) is -1.23. The molecule has 0 aliphatic carbocycles. The van der Waals surface area contributed by atoms with Crippen LogP contribution in [0.1, 0.15) is 39.4 Å². The van der Waals surface area contributed by atoms with Crippen molar-refractivity contribution in [2.45, 2.75) is 23.4 Å². The van der Waals surface area contributed by atoms with Gasteiger partial charge in [-0.05, 0) is 65.6 Å². The van der Waals surface area contributed by atoms with Crippen LogP contribution < -0.4 is 9.46 Å². The molecule has 5 rings (SSSR count). The molecule has 8 nitrogen and oxygen atoms in total. The normalized spacial score (nSPS) is 15.2. The van der Waals surface area contributed by atoms with Crippen molar-refractivity contribution in [1.29, 1.82) is 0 Å². The van der Waals surface area contributed by atoms with Crippen LogP contribution >= 0.6 is 0 Å². The molecule has 200 valence electrons. The summed E-state index contributed by atoms with van der Waals surface area (Å²) in [7, 11) is -4.02. The molecule has 2 N–H and O–H groups in total. The second-order valence-electron chi connectivity index (χ2n) is 8.79. The SMILES string of the molecule is O=C(O)c1ccc(-c2cc(C(F)(F)F)ccc2[C@H]2CCOc3cc(S(=O)(=O)Nc4cccnn4)ccc32)cc1. The number of nitrogens with one attached hydrogen (secondary N) is 1. The monoisotopic (exact) mass is 555 g/mol. The first-order valence-electron chi connectivity index (χ1n) is 11.6. The molecule has 0 fully saturated rings. The van der Waals surface area contributed by atoms with Crippen molar-refractivity contribution in [3.8, 4) is 16.9 Å². The van der Waals surface area contributed by atoms with E-state index in [1.54, 1.807) is 6.07 Å². The average molecular weight is 556 g/mol. The molecule has 0 unspecified atom stereocenters. The summed E-state index contributed by atoms with van der Waals surface area (Å²) < 4.78 is 74.7. The third-order valence-electron chi connectivity index (χ3n) is 6.34. The van der Waals surface area contributed by atoms with Gasteiger partial charge in [0.25, 0.3) is 10.0 Å². The number of fused-ring (bicyclic) bond motifs is 1. The number of aromatic nitrogens is 2. The van der Waals surface area contributed by atoms with Crippen molar-refractivity contribution in [2.75, 3.05) is 11.3 Å². The predicted octanol–water partition coefficient (Wildman–Crippen LogP) is 5.58. The number of anilines is 1. The van der Waals surface area contributed by atoms with E-state index in [1.165, 1.54) is 60.8 Å². The first kappa shape index (κ1) is 26.2. The number of sulfonamides is 1. The number of hydrogen-bond donors (Lipinski definition) is 2. The zero-order chi connectivity index (χ0) is 27.8. The van der Waals surface area contributed by atoms with Crippen molar-refractivity contribution in [3.05, 3.63) is 101 Å². The fourth-order valence-corrected chi connectivity index (χ4v) is 5.50. The summed E-state index contributed by atoms with van der Waals surface area (Å²) >= 11 is 0. The van der Waals surface area contributed by atoms with E-state index in [9.17, 15) is 31.5 Å². The number of carbonyl (C=O) groups is 1. The maximum absolute atomic E-state index is 13.6. The second kappa shape index (κ2) is 10.0. The minimum absolute atomic E-state index is 0.00696. The highest BCUT2D eigenvalue weighted by Gasteiger charge is 2.33. The summed E-state index contributed by atoms with van der Waals surface area (Å²) in [6, 6.07) is 16.4. The van der Waals surface area contributed by atoms with Gasteiger partial charge in [0.2, 0.25) is 0 Å². The van der Waals surface area contributed by atoms with Crippen molar-refractivity contribution < 1.29 is 36.2 Å². The van der Waals surface area contributed by atoms with E-state index in [4.69, 9.17) is 4.74 Å². The van der Waals surface area contributed by atoms with Crippen LogP contribution in [0.25, 0.3) is 11.1 Å². The van der Waals surface area contributed by atoms with E-state index in [-0.39, 0.29) is 22.9 Å². The van der Waals surface area contributed by atoms with E-state index in [2.05, 4.69) is 14.9 Å². The first-order chi connectivity index (χ1) is 18.5. The second-order valence-corrected chi connectivity index (χ2v) is 10.5. The highest BCUT2D eigenvalue weighted by atomic mass is 32.2. The Morgan fingerprint density at radius 3 is 2.41 bits per heavy atom. The van der Waals surface area contributed by atoms with Gasteiger partial charge in [-0.2, -0.15) is 18.3 Å². The molecule has 39 heavy (non-hydrogen) atoms. The van der Waals surface area contributed by atoms with Crippen LogP contribution in [0.15, 0.2) is 83.9 Å². The van der Waals surface area contributed by atoms with E-state index in [0.717, 1.165) is 12.1 Å². The summed E-state index contributed by atoms with van der Waals surface area (Å²) in [6.45, 7) is 0.206. The van der Waals surface area contributed by atoms with Crippen molar-refractivity contribution in [3.63, 3.8) is 0 Å². The molecule has 1 atom stereocenters. The van der Waals surface area contributed by atoms with Crippen LogP contribution in [0.2, 0.25) is 0 Å². The topological polar surface area (TPSA) is 118 Å². The lowest BCUT2D eigenvalue weighted by Gasteiger charge is -2.29. The average Bonchev–Trinajstić information content (AvgIpc) is 2.92. The van der Waals surface area contributed by atoms with Crippen LogP contribution in [-0.2, 0) is 16.2 Å². The molecular formula is C27H20F3N3O5S. The molecule has 0 bridgehead atoms. The van der Waals surface area contributed by atoms with Gasteiger partial charge in [-0.1, -0.05) is 24.3 Å². The fourth-order valence-electron chi connectivity index (χ4n) is 4.49. The Kier molecular flexibility index (Phi) is 6.73. The van der Waals surface area contributed by atoms with Crippen LogP contribution in [0.4, 0.5) is 19.0 Å². The Labute approximate surface area is 221 Å². The number of hydrogen-bond acceptors (Lipinski definition) is 6. The third-order valence-corrected chi connectivity index (χ3v) is 7.70. The highest BCUT2D eigenvalue weighted by Crippen LogP contribution is 2.44. The maximum Gasteiger partial charge on any atom is 0.416 e. The van der Waals surface area contributed by atoms with E-state index >= 15 is 0 Å². The minimum atomic E-state index is -4.58. The van der Waals surface area contributed by atoms with E-state index < -0.39 is 33.7 Å². The minimum Gasteiger partial charge on any atom is -0.493 e. The Bertz CT molecular complexity index is 1640. The summed E-state index contributed by atoms with van der Waals surface area (Å²) in [6.07, 6.45) is -2.75. The number of halogens is 3. The number of alkyl halides is 3. The van der Waals surface area contributed by atoms with Gasteiger partial charge in [0.05, 0.1) is 22.6 Å². The molecule has 0 saturated heterocycles. The Morgan fingerprint density at radius 1 is 1.00 bits per heavy atom. The Morgan fingerprint density at radius 2 is 1.74 bits per heavy atom. The number of nitrogens with zero attached hydrogens (tertiary/aromatic N) is 2. The maximum atomic E-state index is 13.6. The number of carboxylic acid groups (broad SMARTS) is 1. The number of rotatable bonds is 6. The number of aromatic carboxylic acids is 1. The number of benzene rings is 3. The molecule has 1 aliphatic rings. The summed E-state index contributed by atoms with van der Waals surface area (Å²) in [5, 5.41) is 16.6. The van der Waals surface area contributed by atoms with Gasteiger partial charge in [-0.3, -0.25) is 4.72 Å². The summed E-state index contributed by atoms with van der Waals surface area (Å²) in [4.78, 5) is 11.2. The molecule has 0 spiro atoms. The lowest BCUT2D eigenvalue weighted by atomic mass is 9.82. The van der Waals surface area contributed by atoms with Crippen LogP contribution in [0.5, 0.6) is 5.75 Å². The zero-order valence-electron chi connectivity index (χ0n) is 20.0. The van der Waals surface area contributed by atoms with Gasteiger partial charge in [0.15, 0.2) is 5.82 Å². The molecule has 2 heterocycles. The molecule has 12 heteroatoms. The van der Waals surface area contributed by atoms with Gasteiger partial charge < -0.3 is 9.84 Å². The molecule has 0 radical (unpaired) electrons. The largest absolute Gasteiger partial charge is 0.493 e. The molecule has 1 aliphatic heterocycles. The molecule has 1 aromatic heterocycles. The van der Waals surface area contributed by atoms with Gasteiger partial charge in [0.1, 0.15) is 5.75 Å². The highest BCUT2D eigenvalue weighted by molar-refractivity contribution is 7.92. The molecule has 4 aromatic rings. The van der Waals surface area contributed by atoms with Gasteiger partial charge in [0, 0.05) is 23.7 Å². The van der Waals surface area contributed by atoms with Crippen LogP contribution in [0, 0.1) is 0 Å². The number of ether oxygens (including phenoxy) is 1. The predicted molar refractivity (Wildman–Crippen MR) is 135 cm³/mol. The first-order valence-corrected chi connectivity index (χ1v) is 13.1. The smallest absolute Gasteiger partial charge is 0.416 e. The fraction of sp³-hybridized carbons (Fsp3) is 0.148. The number of carboxylic acids is 1. The standard InChI is InChI=1S/C27H20F3N3O5S/c28-27(29,30)18-7-9-20(23(14-18)16-3-5-17(6-4-16)26(34)35)21-11-13-38-24-15-19(8-10-22(21)24)39(36,37)33-25-2-1-12-31-32-25/h1-10,12,14-15,21H,11,13H2,(H,32,33)(H,34,35)/t21-/m1/s1. The van der Waals surface area contributed by atoms with E-state index in [1.807, 2.05) is 0 Å². The van der Waals surface area contributed by atoms with Crippen LogP contribution in [0.3, 0.4) is 0 Å². The third kappa shape index (κ3) is 5.41. The van der Waals surface area contributed by atoms with Crippen LogP contribution in [-0.4, -0.2) is 36.3 Å². The Hall–Kier alpha value is -4.45. The van der Waals surface area contributed by atoms with Crippen molar-refractivity contribution in [2.24, 2.45) is 0 Å². The van der Waals surface area contributed by atoms with Crippen molar-refractivity contribution in [1.82, 2.24) is 10.2 Å². The molecular weight excluding hydrogens is 535 g/mol. The lowest BCUT2D eigenvalue weighted by Crippen LogP contribution is -2.19. The molecule has 0 saturated carbocycles. The van der Waals surface area contributed by atoms with Crippen molar-refractivity contribution >= 4 is 21.8 Å². The van der Waals surface area contributed by atoms with Gasteiger partial charge in [-0.15, -0.1) is 5.10 Å². The van der Waals surface area contributed by atoms with E-state index in [0.29, 0.717) is 34.4 Å². The molecule has 0 amide bonds. The summed E-state index contributed by atoms with van der Waals surface area (Å²) in [5.41, 5.74) is 1.06.